The Balaban J connectivity index is 2.09. The minimum atomic E-state index is -4.32. The van der Waals surface area contributed by atoms with Crippen LogP contribution in [0.5, 0.6) is 0 Å². The molecular formula is C12H16F3N3. The first-order valence-electron chi connectivity index (χ1n) is 5.96. The molecule has 1 unspecified atom stereocenters. The molecule has 0 bridgehead atoms. The number of alkyl halides is 3. The fourth-order valence-electron chi connectivity index (χ4n) is 2.16. The van der Waals surface area contributed by atoms with Crippen LogP contribution in [0.3, 0.4) is 0 Å². The van der Waals surface area contributed by atoms with Gasteiger partial charge in [0.2, 0.25) is 0 Å². The molecule has 1 aliphatic rings. The van der Waals surface area contributed by atoms with E-state index in [4.69, 9.17) is 0 Å². The van der Waals surface area contributed by atoms with E-state index in [9.17, 15) is 13.2 Å². The van der Waals surface area contributed by atoms with Gasteiger partial charge in [-0.05, 0) is 32.0 Å². The Hall–Kier alpha value is -1.30. The summed E-state index contributed by atoms with van der Waals surface area (Å²) in [5, 5.41) is 3.19. The first-order valence-corrected chi connectivity index (χ1v) is 5.96. The Kier molecular flexibility index (Phi) is 3.75. The maximum atomic E-state index is 12.4. The molecule has 6 heteroatoms. The van der Waals surface area contributed by atoms with Gasteiger partial charge in [0.15, 0.2) is 0 Å². The van der Waals surface area contributed by atoms with Crippen molar-refractivity contribution in [3.05, 3.63) is 23.9 Å². The number of nitrogens with zero attached hydrogens (tertiary/aromatic N) is 2. The summed E-state index contributed by atoms with van der Waals surface area (Å²) in [5.74, 6) is 0.614. The third-order valence-electron chi connectivity index (χ3n) is 3.23. The summed E-state index contributed by atoms with van der Waals surface area (Å²) in [5.41, 5.74) is -0.701. The summed E-state index contributed by atoms with van der Waals surface area (Å²) >= 11 is 0. The molecule has 0 amide bonds. The Bertz CT molecular complexity index is 389. The first kappa shape index (κ1) is 13.1. The van der Waals surface area contributed by atoms with Crippen molar-refractivity contribution < 1.29 is 13.2 Å². The molecule has 1 fully saturated rings. The van der Waals surface area contributed by atoms with Crippen LogP contribution in [-0.4, -0.2) is 31.2 Å². The number of aromatic nitrogens is 1. The van der Waals surface area contributed by atoms with Gasteiger partial charge in [-0.3, -0.25) is 0 Å². The summed E-state index contributed by atoms with van der Waals surface area (Å²) in [6.07, 6.45) is -1.30. The molecule has 3 nitrogen and oxygen atoms in total. The smallest absolute Gasteiger partial charge is 0.355 e. The van der Waals surface area contributed by atoms with Gasteiger partial charge in [-0.2, -0.15) is 13.2 Å². The largest absolute Gasteiger partial charge is 0.417 e. The van der Waals surface area contributed by atoms with Crippen LogP contribution in [-0.2, 0) is 6.18 Å². The summed E-state index contributed by atoms with van der Waals surface area (Å²) < 4.78 is 37.2. The molecule has 0 saturated carbocycles. The van der Waals surface area contributed by atoms with Gasteiger partial charge in [-0.1, -0.05) is 0 Å². The maximum Gasteiger partial charge on any atom is 0.417 e. The summed E-state index contributed by atoms with van der Waals surface area (Å²) in [6.45, 7) is 1.63. The molecule has 1 aromatic rings. The minimum absolute atomic E-state index is 0.378. The van der Waals surface area contributed by atoms with Crippen molar-refractivity contribution in [2.45, 2.75) is 25.1 Å². The van der Waals surface area contributed by atoms with Crippen LogP contribution in [0, 0.1) is 0 Å². The van der Waals surface area contributed by atoms with Crippen molar-refractivity contribution in [2.24, 2.45) is 0 Å². The highest BCUT2D eigenvalue weighted by Crippen LogP contribution is 2.29. The van der Waals surface area contributed by atoms with Crippen LogP contribution in [0.25, 0.3) is 0 Å². The van der Waals surface area contributed by atoms with Gasteiger partial charge in [0.1, 0.15) is 5.82 Å². The lowest BCUT2D eigenvalue weighted by Gasteiger charge is -2.33. The number of nitrogens with one attached hydrogen (secondary N) is 1. The van der Waals surface area contributed by atoms with E-state index in [1.807, 2.05) is 11.9 Å². The van der Waals surface area contributed by atoms with E-state index in [0.29, 0.717) is 11.9 Å². The number of likely N-dealkylation sites (N-methyl/N-ethyl adjacent to an activating group) is 1. The van der Waals surface area contributed by atoms with Gasteiger partial charge in [-0.15, -0.1) is 0 Å². The minimum Gasteiger partial charge on any atom is -0.355 e. The summed E-state index contributed by atoms with van der Waals surface area (Å²) in [6, 6.07) is 2.91. The van der Waals surface area contributed by atoms with E-state index >= 15 is 0 Å². The highest BCUT2D eigenvalue weighted by atomic mass is 19.4. The summed E-state index contributed by atoms with van der Waals surface area (Å²) in [7, 11) is 1.90. The molecule has 2 rings (SSSR count). The van der Waals surface area contributed by atoms with Crippen molar-refractivity contribution >= 4 is 5.82 Å². The van der Waals surface area contributed by atoms with E-state index in [1.54, 1.807) is 0 Å². The van der Waals surface area contributed by atoms with Gasteiger partial charge in [0.05, 0.1) is 5.56 Å². The average Bonchev–Trinajstić information content (AvgIpc) is 2.38. The van der Waals surface area contributed by atoms with Crippen LogP contribution >= 0.6 is 0 Å². The molecule has 1 saturated heterocycles. The lowest BCUT2D eigenvalue weighted by molar-refractivity contribution is -0.137. The van der Waals surface area contributed by atoms with Crippen molar-refractivity contribution in [3.63, 3.8) is 0 Å². The number of anilines is 1. The predicted octanol–water partition coefficient (Wildman–Crippen LogP) is 2.29. The second-order valence-electron chi connectivity index (χ2n) is 4.48. The van der Waals surface area contributed by atoms with Crippen LogP contribution in [0.4, 0.5) is 19.0 Å². The zero-order valence-corrected chi connectivity index (χ0v) is 10.2. The quantitative estimate of drug-likeness (QED) is 0.883. The fourth-order valence-corrected chi connectivity index (χ4v) is 2.16. The van der Waals surface area contributed by atoms with Crippen molar-refractivity contribution in [1.82, 2.24) is 10.3 Å². The average molecular weight is 259 g/mol. The van der Waals surface area contributed by atoms with Gasteiger partial charge in [-0.25, -0.2) is 4.98 Å². The molecule has 0 aromatic carbocycles. The second kappa shape index (κ2) is 5.14. The first-order chi connectivity index (χ1) is 8.50. The third kappa shape index (κ3) is 2.93. The highest BCUT2D eigenvalue weighted by molar-refractivity contribution is 5.40. The lowest BCUT2D eigenvalue weighted by Crippen LogP contribution is -2.44. The number of halogens is 3. The highest BCUT2D eigenvalue weighted by Gasteiger charge is 2.31. The molecule has 1 aliphatic heterocycles. The number of hydrogen-bond donors (Lipinski definition) is 1. The van der Waals surface area contributed by atoms with Crippen LogP contribution in [0.1, 0.15) is 18.4 Å². The zero-order valence-electron chi connectivity index (χ0n) is 10.2. The molecule has 1 N–H and O–H groups in total. The van der Waals surface area contributed by atoms with Crippen LogP contribution in [0.15, 0.2) is 18.3 Å². The Morgan fingerprint density at radius 2 is 2.17 bits per heavy atom. The molecule has 0 aliphatic carbocycles. The maximum absolute atomic E-state index is 12.4. The van der Waals surface area contributed by atoms with Gasteiger partial charge < -0.3 is 10.2 Å². The SMILES string of the molecule is CNC1CCCN(c2ccc(C(F)(F)F)cn2)C1. The summed E-state index contributed by atoms with van der Waals surface area (Å²) in [4.78, 5) is 5.93. The standard InChI is InChI=1S/C12H16F3N3/c1-16-10-3-2-6-18(8-10)11-5-4-9(7-17-11)12(13,14)15/h4-5,7,10,16H,2-3,6,8H2,1H3. The Morgan fingerprint density at radius 1 is 1.39 bits per heavy atom. The topological polar surface area (TPSA) is 28.2 Å². The molecule has 0 spiro atoms. The van der Waals surface area contributed by atoms with E-state index in [1.165, 1.54) is 6.07 Å². The van der Waals surface area contributed by atoms with E-state index in [2.05, 4.69) is 10.3 Å². The van der Waals surface area contributed by atoms with Crippen molar-refractivity contribution in [2.75, 3.05) is 25.0 Å². The lowest BCUT2D eigenvalue weighted by atomic mass is 10.1. The Labute approximate surface area is 104 Å². The molecule has 1 aromatic heterocycles. The molecule has 1 atom stereocenters. The van der Waals surface area contributed by atoms with Gasteiger partial charge >= 0.3 is 6.18 Å². The normalized spacial score (nSPS) is 21.1. The van der Waals surface area contributed by atoms with E-state index in [0.717, 1.165) is 38.2 Å². The van der Waals surface area contributed by atoms with Gasteiger partial charge in [0.25, 0.3) is 0 Å². The predicted molar refractivity (Wildman–Crippen MR) is 63.5 cm³/mol. The Morgan fingerprint density at radius 3 is 2.72 bits per heavy atom. The molecule has 2 heterocycles. The van der Waals surface area contributed by atoms with Crippen molar-refractivity contribution in [1.29, 1.82) is 0 Å². The molecule has 0 radical (unpaired) electrons. The van der Waals surface area contributed by atoms with Crippen molar-refractivity contribution in [3.8, 4) is 0 Å². The van der Waals surface area contributed by atoms with Crippen LogP contribution < -0.4 is 10.2 Å². The van der Waals surface area contributed by atoms with E-state index < -0.39 is 11.7 Å². The monoisotopic (exact) mass is 259 g/mol. The number of rotatable bonds is 2. The van der Waals surface area contributed by atoms with Gasteiger partial charge in [0, 0.05) is 25.3 Å². The van der Waals surface area contributed by atoms with Crippen LogP contribution in [0.2, 0.25) is 0 Å². The fraction of sp³-hybridized carbons (Fsp3) is 0.583. The second-order valence-corrected chi connectivity index (χ2v) is 4.48. The number of hydrogen-bond acceptors (Lipinski definition) is 3. The number of pyridine rings is 1. The third-order valence-corrected chi connectivity index (χ3v) is 3.23. The molecule has 100 valence electrons. The molecular weight excluding hydrogens is 243 g/mol. The number of piperidine rings is 1. The zero-order chi connectivity index (χ0) is 13.2. The van der Waals surface area contributed by atoms with E-state index in [-0.39, 0.29) is 0 Å². The molecule has 18 heavy (non-hydrogen) atoms.